The van der Waals surface area contributed by atoms with Crippen LogP contribution in [0.15, 0.2) is 24.3 Å². The second-order valence-electron chi connectivity index (χ2n) is 3.62. The highest BCUT2D eigenvalue weighted by atomic mass is 16.5. The first-order valence-electron chi connectivity index (χ1n) is 5.53. The average Bonchev–Trinajstić information content (AvgIpc) is 2.39. The minimum atomic E-state index is -1.04. The number of carbonyl (C=O) groups excluding carboxylic acids is 3. The second-order valence-corrected chi connectivity index (χ2v) is 3.62. The SMILES string of the molecule is COCCNC(=O)C(=O)NC(=O)c1ccccc1N. The Labute approximate surface area is 110 Å². The molecule has 4 N–H and O–H groups in total. The summed E-state index contributed by atoms with van der Waals surface area (Å²) in [6.45, 7) is 0.461. The fraction of sp³-hybridized carbons (Fsp3) is 0.250. The Morgan fingerprint density at radius 2 is 1.89 bits per heavy atom. The third-order valence-electron chi connectivity index (χ3n) is 2.23. The molecule has 0 spiro atoms. The molecule has 0 saturated heterocycles. The van der Waals surface area contributed by atoms with E-state index in [1.807, 2.05) is 5.32 Å². The molecule has 0 heterocycles. The van der Waals surface area contributed by atoms with Crippen LogP contribution in [0.2, 0.25) is 0 Å². The van der Waals surface area contributed by atoms with E-state index in [1.54, 1.807) is 12.1 Å². The van der Waals surface area contributed by atoms with Gasteiger partial charge in [0.05, 0.1) is 12.2 Å². The Bertz CT molecular complexity index is 488. The summed E-state index contributed by atoms with van der Waals surface area (Å²) < 4.78 is 4.71. The molecule has 102 valence electrons. The Morgan fingerprint density at radius 3 is 2.53 bits per heavy atom. The van der Waals surface area contributed by atoms with Gasteiger partial charge in [-0.1, -0.05) is 12.1 Å². The number of ether oxygens (including phenoxy) is 1. The van der Waals surface area contributed by atoms with Gasteiger partial charge in [0, 0.05) is 19.3 Å². The van der Waals surface area contributed by atoms with Gasteiger partial charge in [-0.2, -0.15) is 0 Å². The van der Waals surface area contributed by atoms with Crippen molar-refractivity contribution in [2.75, 3.05) is 26.0 Å². The second kappa shape index (κ2) is 7.12. The molecular weight excluding hydrogens is 250 g/mol. The van der Waals surface area contributed by atoms with E-state index >= 15 is 0 Å². The molecule has 1 aromatic rings. The molecule has 19 heavy (non-hydrogen) atoms. The zero-order valence-electron chi connectivity index (χ0n) is 10.4. The van der Waals surface area contributed by atoms with Crippen LogP contribution in [0, 0.1) is 0 Å². The first-order valence-corrected chi connectivity index (χ1v) is 5.53. The molecule has 3 amide bonds. The number of amides is 3. The minimum absolute atomic E-state index is 0.139. The molecule has 0 saturated carbocycles. The summed E-state index contributed by atoms with van der Waals surface area (Å²) in [4.78, 5) is 34.4. The van der Waals surface area contributed by atoms with E-state index in [2.05, 4.69) is 5.32 Å². The van der Waals surface area contributed by atoms with Crippen LogP contribution in [0.1, 0.15) is 10.4 Å². The zero-order chi connectivity index (χ0) is 14.3. The molecule has 0 aliphatic rings. The van der Waals surface area contributed by atoms with Gasteiger partial charge >= 0.3 is 11.8 Å². The van der Waals surface area contributed by atoms with Gasteiger partial charge in [-0.15, -0.1) is 0 Å². The summed E-state index contributed by atoms with van der Waals surface area (Å²) >= 11 is 0. The number of imide groups is 1. The Hall–Kier alpha value is -2.41. The summed E-state index contributed by atoms with van der Waals surface area (Å²) in [5, 5.41) is 4.25. The molecule has 0 unspecified atom stereocenters. The number of rotatable bonds is 4. The van der Waals surface area contributed by atoms with Crippen LogP contribution in [-0.4, -0.2) is 38.0 Å². The Balaban J connectivity index is 2.55. The molecule has 7 heteroatoms. The van der Waals surface area contributed by atoms with Crippen LogP contribution in [0.25, 0.3) is 0 Å². The number of hydrogen-bond acceptors (Lipinski definition) is 5. The minimum Gasteiger partial charge on any atom is -0.398 e. The van der Waals surface area contributed by atoms with Gasteiger partial charge < -0.3 is 15.8 Å². The van der Waals surface area contributed by atoms with E-state index in [-0.39, 0.29) is 24.4 Å². The molecule has 1 rings (SSSR count). The van der Waals surface area contributed by atoms with Gasteiger partial charge in [-0.3, -0.25) is 19.7 Å². The maximum absolute atomic E-state index is 11.7. The number of nitrogen functional groups attached to an aromatic ring is 1. The maximum Gasteiger partial charge on any atom is 0.316 e. The van der Waals surface area contributed by atoms with Gasteiger partial charge in [0.15, 0.2) is 0 Å². The van der Waals surface area contributed by atoms with Crippen molar-refractivity contribution >= 4 is 23.4 Å². The van der Waals surface area contributed by atoms with E-state index in [0.29, 0.717) is 0 Å². The van der Waals surface area contributed by atoms with Crippen molar-refractivity contribution in [1.82, 2.24) is 10.6 Å². The average molecular weight is 265 g/mol. The molecule has 0 fully saturated rings. The van der Waals surface area contributed by atoms with Gasteiger partial charge in [-0.05, 0) is 12.1 Å². The molecular formula is C12H15N3O4. The smallest absolute Gasteiger partial charge is 0.316 e. The molecule has 0 aromatic heterocycles. The third kappa shape index (κ3) is 4.40. The van der Waals surface area contributed by atoms with E-state index < -0.39 is 17.7 Å². The van der Waals surface area contributed by atoms with Gasteiger partial charge in [-0.25, -0.2) is 0 Å². The van der Waals surface area contributed by atoms with Crippen molar-refractivity contribution in [3.63, 3.8) is 0 Å². The molecule has 0 aliphatic carbocycles. The summed E-state index contributed by atoms with van der Waals surface area (Å²) in [7, 11) is 1.47. The van der Waals surface area contributed by atoms with Crippen molar-refractivity contribution in [2.45, 2.75) is 0 Å². The van der Waals surface area contributed by atoms with E-state index in [1.165, 1.54) is 19.2 Å². The number of nitrogens with one attached hydrogen (secondary N) is 2. The van der Waals surface area contributed by atoms with Crippen LogP contribution in [-0.2, 0) is 14.3 Å². The van der Waals surface area contributed by atoms with Crippen molar-refractivity contribution in [2.24, 2.45) is 0 Å². The number of hydrogen-bond donors (Lipinski definition) is 3. The normalized spacial score (nSPS) is 9.74. The predicted molar refractivity (Wildman–Crippen MR) is 68.2 cm³/mol. The predicted octanol–water partition coefficient (Wildman–Crippen LogP) is -0.712. The number of para-hydroxylation sites is 1. The van der Waals surface area contributed by atoms with Gasteiger partial charge in [0.2, 0.25) is 0 Å². The molecule has 0 bridgehead atoms. The monoisotopic (exact) mass is 265 g/mol. The van der Waals surface area contributed by atoms with Gasteiger partial charge in [0.25, 0.3) is 5.91 Å². The van der Waals surface area contributed by atoms with E-state index in [9.17, 15) is 14.4 Å². The van der Waals surface area contributed by atoms with Crippen LogP contribution in [0.4, 0.5) is 5.69 Å². The maximum atomic E-state index is 11.7. The number of benzene rings is 1. The highest BCUT2D eigenvalue weighted by molar-refractivity contribution is 6.38. The highest BCUT2D eigenvalue weighted by Gasteiger charge is 2.18. The van der Waals surface area contributed by atoms with Crippen molar-refractivity contribution in [3.8, 4) is 0 Å². The number of methoxy groups -OCH3 is 1. The van der Waals surface area contributed by atoms with Crippen LogP contribution >= 0.6 is 0 Å². The first-order chi connectivity index (χ1) is 9.06. The molecule has 7 nitrogen and oxygen atoms in total. The molecule has 0 radical (unpaired) electrons. The largest absolute Gasteiger partial charge is 0.398 e. The lowest BCUT2D eigenvalue weighted by atomic mass is 10.1. The molecule has 1 aromatic carbocycles. The number of nitrogens with two attached hydrogens (primary N) is 1. The third-order valence-corrected chi connectivity index (χ3v) is 2.23. The van der Waals surface area contributed by atoms with Crippen LogP contribution in [0.3, 0.4) is 0 Å². The molecule has 0 aliphatic heterocycles. The topological polar surface area (TPSA) is 111 Å². The lowest BCUT2D eigenvalue weighted by molar-refractivity contribution is -0.138. The number of carbonyl (C=O) groups is 3. The van der Waals surface area contributed by atoms with Crippen molar-refractivity contribution < 1.29 is 19.1 Å². The van der Waals surface area contributed by atoms with Crippen molar-refractivity contribution in [3.05, 3.63) is 29.8 Å². The molecule has 0 atom stereocenters. The zero-order valence-corrected chi connectivity index (χ0v) is 10.4. The summed E-state index contributed by atoms with van der Waals surface area (Å²) in [5.41, 5.74) is 5.95. The lowest BCUT2D eigenvalue weighted by Gasteiger charge is -2.06. The van der Waals surface area contributed by atoms with Gasteiger partial charge in [0.1, 0.15) is 0 Å². The quantitative estimate of drug-likeness (QED) is 0.378. The number of anilines is 1. The summed E-state index contributed by atoms with van der Waals surface area (Å²) in [5.74, 6) is -2.66. The summed E-state index contributed by atoms with van der Waals surface area (Å²) in [6.07, 6.45) is 0. The highest BCUT2D eigenvalue weighted by Crippen LogP contribution is 2.09. The lowest BCUT2D eigenvalue weighted by Crippen LogP contribution is -2.43. The fourth-order valence-corrected chi connectivity index (χ4v) is 1.28. The van der Waals surface area contributed by atoms with Crippen LogP contribution in [0.5, 0.6) is 0 Å². The van der Waals surface area contributed by atoms with Crippen LogP contribution < -0.4 is 16.4 Å². The van der Waals surface area contributed by atoms with E-state index in [4.69, 9.17) is 10.5 Å². The Morgan fingerprint density at radius 1 is 1.21 bits per heavy atom. The summed E-state index contributed by atoms with van der Waals surface area (Å²) in [6, 6.07) is 6.25. The fourth-order valence-electron chi connectivity index (χ4n) is 1.28. The van der Waals surface area contributed by atoms with E-state index in [0.717, 1.165) is 0 Å². The van der Waals surface area contributed by atoms with Crippen molar-refractivity contribution in [1.29, 1.82) is 0 Å². The first kappa shape index (κ1) is 14.7. The Kier molecular flexibility index (Phi) is 5.49. The standard InChI is InChI=1S/C12H15N3O4/c1-19-7-6-14-11(17)12(18)15-10(16)8-4-2-3-5-9(8)13/h2-5H,6-7,13H2,1H3,(H,14,17)(H,15,16,18).